The van der Waals surface area contributed by atoms with Crippen molar-refractivity contribution in [1.82, 2.24) is 8.87 Å². The minimum absolute atomic E-state index is 0.0363. The minimum Gasteiger partial charge on any atom is -0.477 e. The lowest BCUT2D eigenvalue weighted by Crippen LogP contribution is -2.32. The third-order valence-electron chi connectivity index (χ3n) is 2.98. The van der Waals surface area contributed by atoms with Crippen molar-refractivity contribution in [2.24, 2.45) is 0 Å². The van der Waals surface area contributed by atoms with Crippen LogP contribution in [0.5, 0.6) is 0 Å². The van der Waals surface area contributed by atoms with Crippen LogP contribution in [0.4, 0.5) is 0 Å². The third-order valence-corrected chi connectivity index (χ3v) is 4.79. The summed E-state index contributed by atoms with van der Waals surface area (Å²) >= 11 is 0. The van der Waals surface area contributed by atoms with Crippen LogP contribution in [-0.2, 0) is 10.0 Å². The van der Waals surface area contributed by atoms with Crippen LogP contribution in [0.3, 0.4) is 0 Å². The van der Waals surface area contributed by atoms with Crippen LogP contribution >= 0.6 is 0 Å². The highest BCUT2D eigenvalue weighted by Crippen LogP contribution is 2.22. The molecule has 1 heterocycles. The largest absolute Gasteiger partial charge is 0.477 e. The fraction of sp³-hybridized carbons (Fsp3) is 0.500. The van der Waals surface area contributed by atoms with E-state index < -0.39 is 16.0 Å². The topological polar surface area (TPSA) is 79.6 Å². The van der Waals surface area contributed by atoms with Gasteiger partial charge in [0.1, 0.15) is 10.6 Å². The van der Waals surface area contributed by atoms with Crippen molar-refractivity contribution < 1.29 is 18.3 Å². The first kappa shape index (κ1) is 17.3. The highest BCUT2D eigenvalue weighted by atomic mass is 32.2. The molecule has 0 bridgehead atoms. The maximum absolute atomic E-state index is 12.5. The van der Waals surface area contributed by atoms with Crippen LogP contribution in [0.15, 0.2) is 17.2 Å². The number of sulfonamides is 1. The molecule has 0 aliphatic rings. The van der Waals surface area contributed by atoms with E-state index in [0.29, 0.717) is 13.0 Å². The first-order valence-electron chi connectivity index (χ1n) is 6.64. The molecule has 1 aromatic rings. The molecule has 0 fully saturated rings. The van der Waals surface area contributed by atoms with Gasteiger partial charge in [-0.25, -0.2) is 13.2 Å². The maximum Gasteiger partial charge on any atom is 0.352 e. The zero-order valence-electron chi connectivity index (χ0n) is 12.4. The summed E-state index contributed by atoms with van der Waals surface area (Å²) in [6, 6.07) is 1.02. The van der Waals surface area contributed by atoms with E-state index in [1.165, 1.54) is 21.1 Å². The Balaban J connectivity index is 3.35. The molecule has 0 radical (unpaired) electrons. The molecule has 21 heavy (non-hydrogen) atoms. The molecule has 116 valence electrons. The number of hydrogen-bond acceptors (Lipinski definition) is 3. The van der Waals surface area contributed by atoms with Gasteiger partial charge in [0.25, 0.3) is 0 Å². The molecule has 0 saturated carbocycles. The van der Waals surface area contributed by atoms with Gasteiger partial charge in [0.15, 0.2) is 0 Å². The van der Waals surface area contributed by atoms with E-state index in [-0.39, 0.29) is 23.2 Å². The summed E-state index contributed by atoms with van der Waals surface area (Å²) in [6.45, 7) is 5.68. The molecular formula is C14H20N2O4S. The Morgan fingerprint density at radius 3 is 2.52 bits per heavy atom. The highest BCUT2D eigenvalue weighted by Gasteiger charge is 2.27. The second-order valence-corrected chi connectivity index (χ2v) is 6.85. The zero-order valence-corrected chi connectivity index (χ0v) is 13.2. The van der Waals surface area contributed by atoms with Crippen molar-refractivity contribution in [2.75, 3.05) is 13.1 Å². The van der Waals surface area contributed by atoms with Crippen molar-refractivity contribution in [2.45, 2.75) is 38.1 Å². The lowest BCUT2D eigenvalue weighted by Gasteiger charge is -2.18. The molecule has 7 heteroatoms. The monoisotopic (exact) mass is 312 g/mol. The van der Waals surface area contributed by atoms with E-state index in [1.807, 2.05) is 6.92 Å². The number of nitrogens with zero attached hydrogens (tertiary/aromatic N) is 2. The third kappa shape index (κ3) is 3.65. The van der Waals surface area contributed by atoms with Crippen molar-refractivity contribution in [3.8, 4) is 12.3 Å². The van der Waals surface area contributed by atoms with Gasteiger partial charge in [-0.05, 0) is 26.3 Å². The Bertz CT molecular complexity index is 653. The normalized spacial score (nSPS) is 11.8. The van der Waals surface area contributed by atoms with Crippen LogP contribution in [0.1, 0.15) is 43.7 Å². The minimum atomic E-state index is -3.79. The van der Waals surface area contributed by atoms with Gasteiger partial charge in [-0.3, -0.25) is 0 Å². The summed E-state index contributed by atoms with van der Waals surface area (Å²) in [5, 5.41) is 9.18. The van der Waals surface area contributed by atoms with Gasteiger partial charge >= 0.3 is 5.97 Å². The quantitative estimate of drug-likeness (QED) is 0.779. The molecule has 6 nitrogen and oxygen atoms in total. The number of carboxylic acid groups (broad SMARTS) is 1. The van der Waals surface area contributed by atoms with E-state index >= 15 is 0 Å². The first-order chi connectivity index (χ1) is 9.75. The van der Waals surface area contributed by atoms with Gasteiger partial charge in [-0.15, -0.1) is 6.42 Å². The van der Waals surface area contributed by atoms with Crippen molar-refractivity contribution >= 4 is 16.0 Å². The maximum atomic E-state index is 12.5. The van der Waals surface area contributed by atoms with Crippen molar-refractivity contribution in [3.63, 3.8) is 0 Å². The number of terminal acetylenes is 1. The Morgan fingerprint density at radius 1 is 1.52 bits per heavy atom. The average molecular weight is 312 g/mol. The van der Waals surface area contributed by atoms with Gasteiger partial charge < -0.3 is 9.67 Å². The summed E-state index contributed by atoms with van der Waals surface area (Å²) < 4.78 is 27.7. The molecule has 0 aliphatic heterocycles. The predicted molar refractivity (Wildman–Crippen MR) is 79.7 cm³/mol. The molecule has 0 aromatic carbocycles. The molecule has 0 atom stereocenters. The molecule has 0 aliphatic carbocycles. The van der Waals surface area contributed by atoms with Crippen LogP contribution in [0, 0.1) is 12.3 Å². The van der Waals surface area contributed by atoms with Gasteiger partial charge in [0, 0.05) is 18.8 Å². The highest BCUT2D eigenvalue weighted by molar-refractivity contribution is 7.89. The zero-order chi connectivity index (χ0) is 16.2. The standard InChI is InChI=1S/C14H20N2O4S/c1-5-7-15(8-6-2)21(19,20)12-9-13(14(17)18)16(10-12)11(3)4/h1,9-11H,6-8H2,2-4H3,(H,17,18). The van der Waals surface area contributed by atoms with Gasteiger partial charge in [-0.2, -0.15) is 4.31 Å². The van der Waals surface area contributed by atoms with Gasteiger partial charge in [-0.1, -0.05) is 12.8 Å². The molecule has 0 amide bonds. The fourth-order valence-corrected chi connectivity index (χ4v) is 3.45. The summed E-state index contributed by atoms with van der Waals surface area (Å²) in [6.07, 6.45) is 7.18. The van der Waals surface area contributed by atoms with E-state index in [9.17, 15) is 18.3 Å². The van der Waals surface area contributed by atoms with E-state index in [2.05, 4.69) is 5.92 Å². The smallest absolute Gasteiger partial charge is 0.352 e. The summed E-state index contributed by atoms with van der Waals surface area (Å²) in [5.41, 5.74) is -0.0549. The SMILES string of the molecule is C#CCN(CCC)S(=O)(=O)c1cc(C(=O)O)n(C(C)C)c1. The summed E-state index contributed by atoms with van der Waals surface area (Å²) in [5.74, 6) is 1.16. The van der Waals surface area contributed by atoms with E-state index in [0.717, 1.165) is 0 Å². The van der Waals surface area contributed by atoms with Crippen LogP contribution in [0.25, 0.3) is 0 Å². The van der Waals surface area contributed by atoms with Gasteiger partial charge in [0.05, 0.1) is 6.54 Å². The average Bonchev–Trinajstić information content (AvgIpc) is 2.84. The second kappa shape index (κ2) is 6.78. The van der Waals surface area contributed by atoms with E-state index in [4.69, 9.17) is 6.42 Å². The summed E-state index contributed by atoms with van der Waals surface area (Å²) in [7, 11) is -3.79. The number of aromatic nitrogens is 1. The van der Waals surface area contributed by atoms with Crippen molar-refractivity contribution in [3.05, 3.63) is 18.0 Å². The second-order valence-electron chi connectivity index (χ2n) is 4.91. The molecule has 0 saturated heterocycles. The summed E-state index contributed by atoms with van der Waals surface area (Å²) in [4.78, 5) is 11.2. The lowest BCUT2D eigenvalue weighted by molar-refractivity contribution is 0.0683. The van der Waals surface area contributed by atoms with E-state index in [1.54, 1.807) is 13.8 Å². The van der Waals surface area contributed by atoms with Gasteiger partial charge in [0.2, 0.25) is 10.0 Å². The number of aromatic carboxylic acids is 1. The predicted octanol–water partition coefficient (Wildman–Crippen LogP) is 1.80. The molecule has 1 aromatic heterocycles. The number of hydrogen-bond donors (Lipinski definition) is 1. The first-order valence-corrected chi connectivity index (χ1v) is 8.08. The number of carboxylic acids is 1. The molecule has 1 rings (SSSR count). The Kier molecular flexibility index (Phi) is 5.58. The Hall–Kier alpha value is -1.78. The molecule has 0 unspecified atom stereocenters. The molecule has 1 N–H and O–H groups in total. The molecule has 0 spiro atoms. The van der Waals surface area contributed by atoms with Crippen molar-refractivity contribution in [1.29, 1.82) is 0 Å². The fourth-order valence-electron chi connectivity index (χ4n) is 1.98. The molecular weight excluding hydrogens is 292 g/mol. The Labute approximate surface area is 125 Å². The number of carbonyl (C=O) groups is 1. The Morgan fingerprint density at radius 2 is 2.14 bits per heavy atom. The number of rotatable bonds is 7. The van der Waals surface area contributed by atoms with Crippen LogP contribution < -0.4 is 0 Å². The van der Waals surface area contributed by atoms with Crippen LogP contribution in [0.2, 0.25) is 0 Å². The van der Waals surface area contributed by atoms with Crippen LogP contribution in [-0.4, -0.2) is 41.5 Å². The lowest BCUT2D eigenvalue weighted by atomic mass is 10.3.